The van der Waals surface area contributed by atoms with Crippen molar-refractivity contribution in [1.82, 2.24) is 4.98 Å². The fraction of sp³-hybridized carbons (Fsp3) is 0.250. The van der Waals surface area contributed by atoms with Crippen LogP contribution in [0.25, 0.3) is 4.85 Å². The molecular weight excluding hydrogens is 160 g/mol. The first-order valence-corrected chi connectivity index (χ1v) is 3.57. The van der Waals surface area contributed by atoms with Crippen LogP contribution in [-0.4, -0.2) is 4.98 Å². The number of aryl methyl sites for hydroxylation is 1. The average molecular weight is 167 g/mol. The largest absolute Gasteiger partial charge is 0.312 e. The minimum atomic E-state index is 0.312. The molecule has 0 atom stereocenters. The molecule has 0 spiro atoms. The predicted octanol–water partition coefficient (Wildman–Crippen LogP) is 2.46. The Morgan fingerprint density at radius 3 is 2.91 bits per heavy atom. The van der Waals surface area contributed by atoms with Gasteiger partial charge in [0.25, 0.3) is 0 Å². The van der Waals surface area contributed by atoms with Crippen LogP contribution in [0.15, 0.2) is 12.1 Å². The molecule has 0 aliphatic heterocycles. The Morgan fingerprint density at radius 1 is 1.64 bits per heavy atom. The van der Waals surface area contributed by atoms with Crippen LogP contribution in [-0.2, 0) is 6.54 Å². The van der Waals surface area contributed by atoms with Gasteiger partial charge in [0.05, 0.1) is 5.56 Å². The Labute approximate surface area is 70.7 Å². The summed E-state index contributed by atoms with van der Waals surface area (Å²) in [5.41, 5.74) is 1.68. The lowest BCUT2D eigenvalue weighted by Gasteiger charge is -1.96. The van der Waals surface area contributed by atoms with Crippen molar-refractivity contribution in [1.29, 1.82) is 0 Å². The Kier molecular flexibility index (Phi) is 2.45. The zero-order chi connectivity index (χ0) is 8.27. The normalized spacial score (nSPS) is 9.18. The van der Waals surface area contributed by atoms with E-state index in [0.717, 1.165) is 11.3 Å². The van der Waals surface area contributed by atoms with Gasteiger partial charge in [-0.15, -0.1) is 0 Å². The molecule has 0 unspecified atom stereocenters. The molecule has 56 valence electrons. The molecule has 0 amide bonds. The standard InChI is InChI=1S/C8H7ClN2/c1-6-3-4-7(5-10-2)8(9)11-6/h3-4H,5H2,1H3. The summed E-state index contributed by atoms with van der Waals surface area (Å²) in [5.74, 6) is 0. The minimum Gasteiger partial charge on any atom is -0.312 e. The molecule has 1 heterocycles. The van der Waals surface area contributed by atoms with Gasteiger partial charge in [0.1, 0.15) is 5.15 Å². The first-order chi connectivity index (χ1) is 5.24. The topological polar surface area (TPSA) is 17.2 Å². The Hall–Kier alpha value is -1.07. The molecule has 0 N–H and O–H groups in total. The van der Waals surface area contributed by atoms with Gasteiger partial charge in [0, 0.05) is 5.69 Å². The van der Waals surface area contributed by atoms with Crippen LogP contribution < -0.4 is 0 Å². The molecule has 1 aromatic heterocycles. The van der Waals surface area contributed by atoms with Crippen LogP contribution in [0.4, 0.5) is 0 Å². The highest BCUT2D eigenvalue weighted by atomic mass is 35.5. The summed E-state index contributed by atoms with van der Waals surface area (Å²) in [7, 11) is 0. The quantitative estimate of drug-likeness (QED) is 0.463. The van der Waals surface area contributed by atoms with Crippen LogP contribution in [0.5, 0.6) is 0 Å². The molecule has 11 heavy (non-hydrogen) atoms. The molecule has 0 aromatic carbocycles. The fourth-order valence-electron chi connectivity index (χ4n) is 0.757. The fourth-order valence-corrected chi connectivity index (χ4v) is 1.01. The Balaban J connectivity index is 3.01. The van der Waals surface area contributed by atoms with Crippen molar-refractivity contribution in [3.05, 3.63) is 40.0 Å². The first-order valence-electron chi connectivity index (χ1n) is 3.19. The molecule has 0 fully saturated rings. The van der Waals surface area contributed by atoms with E-state index in [0.29, 0.717) is 11.7 Å². The molecule has 0 aliphatic carbocycles. The van der Waals surface area contributed by atoms with Gasteiger partial charge in [-0.05, 0) is 19.1 Å². The third-order valence-corrected chi connectivity index (χ3v) is 1.64. The van der Waals surface area contributed by atoms with E-state index in [-0.39, 0.29) is 0 Å². The van der Waals surface area contributed by atoms with Crippen molar-refractivity contribution < 1.29 is 0 Å². The van der Waals surface area contributed by atoms with E-state index in [1.807, 2.05) is 19.1 Å². The summed E-state index contributed by atoms with van der Waals surface area (Å²) in [5, 5.41) is 0.445. The number of hydrogen-bond donors (Lipinski definition) is 0. The highest BCUT2D eigenvalue weighted by Crippen LogP contribution is 2.13. The van der Waals surface area contributed by atoms with E-state index in [1.54, 1.807) is 0 Å². The van der Waals surface area contributed by atoms with Gasteiger partial charge in [0.15, 0.2) is 0 Å². The minimum absolute atomic E-state index is 0.312. The van der Waals surface area contributed by atoms with Gasteiger partial charge in [-0.2, -0.15) is 0 Å². The molecule has 0 radical (unpaired) electrons. The van der Waals surface area contributed by atoms with Crippen molar-refractivity contribution in [2.45, 2.75) is 13.5 Å². The second-order valence-electron chi connectivity index (χ2n) is 2.22. The van der Waals surface area contributed by atoms with Gasteiger partial charge in [-0.1, -0.05) is 11.6 Å². The van der Waals surface area contributed by atoms with Crippen molar-refractivity contribution in [3.8, 4) is 0 Å². The molecule has 2 nitrogen and oxygen atoms in total. The molecular formula is C8H7ClN2. The molecule has 1 aromatic rings. The third-order valence-electron chi connectivity index (χ3n) is 1.31. The van der Waals surface area contributed by atoms with Crippen molar-refractivity contribution in [2.75, 3.05) is 0 Å². The van der Waals surface area contributed by atoms with Crippen LogP contribution >= 0.6 is 11.6 Å². The molecule has 0 saturated heterocycles. The van der Waals surface area contributed by atoms with Crippen molar-refractivity contribution in [2.24, 2.45) is 0 Å². The number of hydrogen-bond acceptors (Lipinski definition) is 1. The van der Waals surface area contributed by atoms with E-state index in [1.165, 1.54) is 0 Å². The Bertz CT molecular complexity index is 301. The smallest absolute Gasteiger partial charge is 0.242 e. The lowest BCUT2D eigenvalue weighted by atomic mass is 10.2. The third kappa shape index (κ3) is 1.92. The zero-order valence-electron chi connectivity index (χ0n) is 6.13. The highest BCUT2D eigenvalue weighted by Gasteiger charge is 2.02. The SMILES string of the molecule is [C-]#[N+]Cc1ccc(C)nc1Cl. The summed E-state index contributed by atoms with van der Waals surface area (Å²) in [6.07, 6.45) is 0. The highest BCUT2D eigenvalue weighted by molar-refractivity contribution is 6.30. The monoisotopic (exact) mass is 166 g/mol. The zero-order valence-corrected chi connectivity index (χ0v) is 6.89. The second kappa shape index (κ2) is 3.36. The van der Waals surface area contributed by atoms with E-state index < -0.39 is 0 Å². The maximum Gasteiger partial charge on any atom is 0.242 e. The van der Waals surface area contributed by atoms with Crippen LogP contribution in [0.2, 0.25) is 5.15 Å². The lowest BCUT2D eigenvalue weighted by molar-refractivity contribution is 1.13. The van der Waals surface area contributed by atoms with Crippen LogP contribution in [0, 0.1) is 13.5 Å². The molecule has 0 aliphatic rings. The average Bonchev–Trinajstić information content (AvgIpc) is 1.95. The van der Waals surface area contributed by atoms with Gasteiger partial charge in [-0.3, -0.25) is 0 Å². The number of rotatable bonds is 1. The number of halogens is 1. The lowest BCUT2D eigenvalue weighted by Crippen LogP contribution is -1.87. The summed E-state index contributed by atoms with van der Waals surface area (Å²) in [6, 6.07) is 3.69. The van der Waals surface area contributed by atoms with Crippen LogP contribution in [0.3, 0.4) is 0 Å². The van der Waals surface area contributed by atoms with Crippen molar-refractivity contribution in [3.63, 3.8) is 0 Å². The molecule has 3 heteroatoms. The molecule has 0 bridgehead atoms. The molecule has 0 saturated carbocycles. The predicted molar refractivity (Wildman–Crippen MR) is 44.3 cm³/mol. The van der Waals surface area contributed by atoms with E-state index >= 15 is 0 Å². The number of aromatic nitrogens is 1. The number of nitrogens with zero attached hydrogens (tertiary/aromatic N) is 2. The van der Waals surface area contributed by atoms with E-state index in [2.05, 4.69) is 9.83 Å². The second-order valence-corrected chi connectivity index (χ2v) is 2.58. The van der Waals surface area contributed by atoms with Gasteiger partial charge in [0.2, 0.25) is 6.54 Å². The maximum atomic E-state index is 6.63. The van der Waals surface area contributed by atoms with Crippen molar-refractivity contribution >= 4 is 11.6 Å². The van der Waals surface area contributed by atoms with Crippen LogP contribution in [0.1, 0.15) is 11.3 Å². The van der Waals surface area contributed by atoms with Gasteiger partial charge in [-0.25, -0.2) is 11.6 Å². The number of pyridine rings is 1. The maximum absolute atomic E-state index is 6.63. The Morgan fingerprint density at radius 2 is 2.36 bits per heavy atom. The summed E-state index contributed by atoms with van der Waals surface area (Å²) in [4.78, 5) is 7.24. The molecule has 1 rings (SSSR count). The summed E-state index contributed by atoms with van der Waals surface area (Å²) in [6.45, 7) is 8.81. The van der Waals surface area contributed by atoms with Gasteiger partial charge < -0.3 is 4.85 Å². The van der Waals surface area contributed by atoms with E-state index in [9.17, 15) is 0 Å². The first kappa shape index (κ1) is 8.03. The summed E-state index contributed by atoms with van der Waals surface area (Å²) < 4.78 is 0. The van der Waals surface area contributed by atoms with E-state index in [4.69, 9.17) is 18.2 Å². The summed E-state index contributed by atoms with van der Waals surface area (Å²) >= 11 is 5.75. The van der Waals surface area contributed by atoms with Gasteiger partial charge >= 0.3 is 0 Å².